The van der Waals surface area contributed by atoms with Crippen molar-refractivity contribution in [3.63, 3.8) is 0 Å². The third-order valence-corrected chi connectivity index (χ3v) is 7.58. The molecule has 11 heteroatoms. The molecule has 5 aromatic rings. The molecule has 0 saturated heterocycles. The van der Waals surface area contributed by atoms with Gasteiger partial charge in [-0.1, -0.05) is 57.4 Å². The fourth-order valence-electron chi connectivity index (χ4n) is 3.87. The highest BCUT2D eigenvalue weighted by atomic mass is 79.9. The van der Waals surface area contributed by atoms with E-state index in [9.17, 15) is 9.59 Å². The van der Waals surface area contributed by atoms with E-state index in [0.29, 0.717) is 27.6 Å². The molecule has 0 spiro atoms. The van der Waals surface area contributed by atoms with Crippen LogP contribution in [0.15, 0.2) is 106 Å². The largest absolute Gasteiger partial charge is 0.483 e. The number of thiazole rings is 1. The summed E-state index contributed by atoms with van der Waals surface area (Å²) in [7, 11) is 0. The van der Waals surface area contributed by atoms with Gasteiger partial charge >= 0.3 is 0 Å². The molecular formula is C32H25BrClN5O3S. The molecule has 1 heterocycles. The maximum Gasteiger partial charge on any atom is 0.271 e. The molecule has 4 aromatic carbocycles. The molecule has 1 aromatic heterocycles. The summed E-state index contributed by atoms with van der Waals surface area (Å²) in [4.78, 5) is 29.7. The fourth-order valence-corrected chi connectivity index (χ4v) is 5.11. The summed E-state index contributed by atoms with van der Waals surface area (Å²) < 4.78 is 6.50. The Bertz CT molecular complexity index is 1760. The molecule has 0 aliphatic rings. The number of aromatic nitrogens is 1. The van der Waals surface area contributed by atoms with Crippen LogP contribution in [0.3, 0.4) is 0 Å². The normalized spacial score (nSPS) is 10.9. The van der Waals surface area contributed by atoms with Crippen molar-refractivity contribution in [2.24, 2.45) is 5.10 Å². The molecule has 0 bridgehead atoms. The minimum absolute atomic E-state index is 0.216. The van der Waals surface area contributed by atoms with Crippen LogP contribution < -0.4 is 20.8 Å². The zero-order valence-electron chi connectivity index (χ0n) is 22.8. The van der Waals surface area contributed by atoms with Crippen molar-refractivity contribution in [2.45, 2.75) is 6.92 Å². The van der Waals surface area contributed by atoms with E-state index in [1.54, 1.807) is 54.6 Å². The predicted octanol–water partition coefficient (Wildman–Crippen LogP) is 8.06. The van der Waals surface area contributed by atoms with Gasteiger partial charge in [0.25, 0.3) is 11.8 Å². The number of hydrogen-bond donors (Lipinski definition) is 3. The van der Waals surface area contributed by atoms with Gasteiger partial charge in [0, 0.05) is 42.9 Å². The molecule has 0 radical (unpaired) electrons. The molecular weight excluding hydrogens is 650 g/mol. The maximum absolute atomic E-state index is 12.7. The number of amides is 2. The monoisotopic (exact) mass is 673 g/mol. The number of halogens is 2. The van der Waals surface area contributed by atoms with Crippen LogP contribution >= 0.6 is 38.9 Å². The van der Waals surface area contributed by atoms with Crippen LogP contribution in [0.5, 0.6) is 5.75 Å². The van der Waals surface area contributed by atoms with E-state index in [1.165, 1.54) is 23.1 Å². The Morgan fingerprint density at radius 2 is 1.70 bits per heavy atom. The van der Waals surface area contributed by atoms with Crippen molar-refractivity contribution < 1.29 is 14.3 Å². The molecule has 0 aliphatic heterocycles. The first-order valence-electron chi connectivity index (χ1n) is 13.0. The molecule has 0 saturated carbocycles. The van der Waals surface area contributed by atoms with E-state index in [4.69, 9.17) is 16.3 Å². The van der Waals surface area contributed by atoms with Crippen LogP contribution in [0.25, 0.3) is 11.3 Å². The lowest BCUT2D eigenvalue weighted by atomic mass is 10.1. The summed E-state index contributed by atoms with van der Waals surface area (Å²) in [5.41, 5.74) is 8.03. The summed E-state index contributed by atoms with van der Waals surface area (Å²) in [5.74, 6) is -0.278. The molecule has 3 N–H and O–H groups in total. The highest BCUT2D eigenvalue weighted by molar-refractivity contribution is 9.10. The van der Waals surface area contributed by atoms with E-state index in [-0.39, 0.29) is 18.4 Å². The van der Waals surface area contributed by atoms with Gasteiger partial charge in [0.2, 0.25) is 0 Å². The average Bonchev–Trinajstić information content (AvgIpc) is 3.47. The second-order valence-electron chi connectivity index (χ2n) is 9.33. The lowest BCUT2D eigenvalue weighted by molar-refractivity contribution is -0.118. The zero-order valence-corrected chi connectivity index (χ0v) is 26.0. The highest BCUT2D eigenvalue weighted by Gasteiger charge is 2.10. The number of benzene rings is 4. The lowest BCUT2D eigenvalue weighted by Crippen LogP contribution is -2.20. The van der Waals surface area contributed by atoms with Crippen LogP contribution in [0.2, 0.25) is 5.02 Å². The molecule has 2 amide bonds. The van der Waals surface area contributed by atoms with E-state index < -0.39 is 0 Å². The number of nitrogens with one attached hydrogen (secondary N) is 3. The second kappa shape index (κ2) is 14.1. The number of anilines is 3. The van der Waals surface area contributed by atoms with Gasteiger partial charge in [-0.25, -0.2) is 10.4 Å². The number of carbonyl (C=O) groups excluding carboxylic acids is 2. The van der Waals surface area contributed by atoms with Crippen molar-refractivity contribution in [2.75, 3.05) is 17.2 Å². The maximum atomic E-state index is 12.7. The molecule has 0 atom stereocenters. The summed E-state index contributed by atoms with van der Waals surface area (Å²) in [5, 5.41) is 13.5. The van der Waals surface area contributed by atoms with E-state index >= 15 is 0 Å². The smallest absolute Gasteiger partial charge is 0.271 e. The summed E-state index contributed by atoms with van der Waals surface area (Å²) >= 11 is 10.8. The third-order valence-electron chi connectivity index (χ3n) is 6.08. The Hall–Kier alpha value is -4.51. The fraction of sp³-hybridized carbons (Fsp3) is 0.0625. The second-order valence-corrected chi connectivity index (χ2v) is 11.5. The van der Waals surface area contributed by atoms with Gasteiger partial charge in [-0.05, 0) is 73.7 Å². The quantitative estimate of drug-likeness (QED) is 0.103. The Balaban J connectivity index is 1.16. The van der Waals surface area contributed by atoms with Gasteiger partial charge in [-0.15, -0.1) is 11.3 Å². The van der Waals surface area contributed by atoms with Gasteiger partial charge < -0.3 is 15.4 Å². The predicted molar refractivity (Wildman–Crippen MR) is 177 cm³/mol. The van der Waals surface area contributed by atoms with Crippen molar-refractivity contribution in [3.05, 3.63) is 123 Å². The van der Waals surface area contributed by atoms with Gasteiger partial charge in [0.05, 0.1) is 11.9 Å². The topological polar surface area (TPSA) is 105 Å². The van der Waals surface area contributed by atoms with Crippen LogP contribution in [-0.2, 0) is 4.79 Å². The van der Waals surface area contributed by atoms with Gasteiger partial charge in [0.15, 0.2) is 11.7 Å². The highest BCUT2D eigenvalue weighted by Crippen LogP contribution is 2.28. The van der Waals surface area contributed by atoms with Crippen LogP contribution in [0.4, 0.5) is 16.5 Å². The van der Waals surface area contributed by atoms with Crippen LogP contribution in [0.1, 0.15) is 21.5 Å². The lowest BCUT2D eigenvalue weighted by Gasteiger charge is -2.10. The van der Waals surface area contributed by atoms with E-state index in [1.807, 2.05) is 48.7 Å². The Morgan fingerprint density at radius 3 is 2.44 bits per heavy atom. The molecule has 43 heavy (non-hydrogen) atoms. The van der Waals surface area contributed by atoms with Crippen molar-refractivity contribution in [1.29, 1.82) is 0 Å². The molecule has 5 rings (SSSR count). The SMILES string of the molecule is Cc1ccc(Nc2nc(-c3ccc(C(=O)N/N=C/c4cc(Br)ccc4OCC(=O)Nc4ccc(Cl)cc4)cc3)cs2)cc1. The van der Waals surface area contributed by atoms with Crippen LogP contribution in [0, 0.1) is 6.92 Å². The van der Waals surface area contributed by atoms with Crippen molar-refractivity contribution >= 4 is 73.4 Å². The number of carbonyl (C=O) groups is 2. The number of hydrogen-bond acceptors (Lipinski definition) is 7. The molecule has 8 nitrogen and oxygen atoms in total. The minimum atomic E-state index is -0.373. The van der Waals surface area contributed by atoms with E-state index in [0.717, 1.165) is 26.5 Å². The number of aryl methyl sites for hydroxylation is 1. The zero-order chi connectivity index (χ0) is 30.2. The Labute approximate surface area is 265 Å². The first kappa shape index (κ1) is 30.0. The van der Waals surface area contributed by atoms with Gasteiger partial charge in [-0.3, -0.25) is 9.59 Å². The first-order chi connectivity index (χ1) is 20.8. The molecule has 216 valence electrons. The minimum Gasteiger partial charge on any atom is -0.483 e. The van der Waals surface area contributed by atoms with Crippen molar-refractivity contribution in [1.82, 2.24) is 10.4 Å². The summed E-state index contributed by atoms with van der Waals surface area (Å²) in [6.45, 7) is 1.83. The Kier molecular flexibility index (Phi) is 9.83. The number of nitrogens with zero attached hydrogens (tertiary/aromatic N) is 2. The standard InChI is InChI=1S/C32H25BrClN5O3S/c1-20-2-11-27(12-3-20)37-32-38-28(19-43-32)21-4-6-22(7-5-21)31(41)39-35-17-23-16-24(33)8-15-29(23)42-18-30(40)36-26-13-9-25(34)10-14-26/h2-17,19H,18H2,1H3,(H,36,40)(H,37,38)(H,39,41)/b35-17+. The number of ether oxygens (including phenoxy) is 1. The average molecular weight is 675 g/mol. The number of hydrazone groups is 1. The summed E-state index contributed by atoms with van der Waals surface area (Å²) in [6.07, 6.45) is 1.46. The first-order valence-corrected chi connectivity index (χ1v) is 15.1. The summed E-state index contributed by atoms with van der Waals surface area (Å²) in [6, 6.07) is 27.3. The van der Waals surface area contributed by atoms with Gasteiger partial charge in [0.1, 0.15) is 5.75 Å². The van der Waals surface area contributed by atoms with Crippen LogP contribution in [-0.4, -0.2) is 29.6 Å². The van der Waals surface area contributed by atoms with Crippen molar-refractivity contribution in [3.8, 4) is 17.0 Å². The number of rotatable bonds is 10. The molecule has 0 fully saturated rings. The molecule has 0 aliphatic carbocycles. The third kappa shape index (κ3) is 8.51. The Morgan fingerprint density at radius 1 is 0.977 bits per heavy atom. The molecule has 0 unspecified atom stereocenters. The van der Waals surface area contributed by atoms with E-state index in [2.05, 4.69) is 42.1 Å². The van der Waals surface area contributed by atoms with Gasteiger partial charge in [-0.2, -0.15) is 5.10 Å².